The van der Waals surface area contributed by atoms with Crippen molar-refractivity contribution in [1.82, 2.24) is 10.6 Å². The number of methoxy groups -OCH3 is 1. The van der Waals surface area contributed by atoms with E-state index in [1.54, 1.807) is 18.2 Å². The SMILES string of the molecule is CCNC(=NCc1cccc(OC)c1O)NCCc1ccc(F)cc1. The molecule has 0 aliphatic carbocycles. The molecule has 0 fully saturated rings. The van der Waals surface area contributed by atoms with E-state index in [2.05, 4.69) is 15.6 Å². The first-order valence-corrected chi connectivity index (χ1v) is 8.25. The van der Waals surface area contributed by atoms with Crippen LogP contribution >= 0.6 is 0 Å². The number of aromatic hydroxyl groups is 1. The Kier molecular flexibility index (Phi) is 7.07. The summed E-state index contributed by atoms with van der Waals surface area (Å²) in [5.41, 5.74) is 1.74. The van der Waals surface area contributed by atoms with Crippen molar-refractivity contribution in [2.24, 2.45) is 4.99 Å². The van der Waals surface area contributed by atoms with Crippen molar-refractivity contribution in [3.8, 4) is 11.5 Å². The number of guanidine groups is 1. The Morgan fingerprint density at radius 1 is 1.16 bits per heavy atom. The fourth-order valence-electron chi connectivity index (χ4n) is 2.34. The number of phenolic OH excluding ortho intramolecular Hbond substituents is 1. The van der Waals surface area contributed by atoms with E-state index in [1.165, 1.54) is 19.2 Å². The number of nitrogens with zero attached hydrogens (tertiary/aromatic N) is 1. The second-order valence-corrected chi connectivity index (χ2v) is 5.47. The summed E-state index contributed by atoms with van der Waals surface area (Å²) in [5.74, 6) is 0.967. The van der Waals surface area contributed by atoms with E-state index in [0.29, 0.717) is 30.4 Å². The second kappa shape index (κ2) is 9.52. The lowest BCUT2D eigenvalue weighted by Crippen LogP contribution is -2.38. The number of aliphatic imine (C=N–C) groups is 1. The Balaban J connectivity index is 1.95. The number of hydrogen-bond acceptors (Lipinski definition) is 3. The topological polar surface area (TPSA) is 65.9 Å². The first-order valence-electron chi connectivity index (χ1n) is 8.25. The van der Waals surface area contributed by atoms with Crippen LogP contribution in [0.25, 0.3) is 0 Å². The minimum Gasteiger partial charge on any atom is -0.504 e. The number of halogens is 1. The van der Waals surface area contributed by atoms with E-state index < -0.39 is 0 Å². The lowest BCUT2D eigenvalue weighted by molar-refractivity contribution is 0.370. The summed E-state index contributed by atoms with van der Waals surface area (Å²) in [6.07, 6.45) is 0.759. The van der Waals surface area contributed by atoms with Gasteiger partial charge in [0.05, 0.1) is 13.7 Å². The highest BCUT2D eigenvalue weighted by Crippen LogP contribution is 2.29. The molecule has 2 rings (SSSR count). The van der Waals surface area contributed by atoms with Crippen molar-refractivity contribution >= 4 is 5.96 Å². The molecule has 0 atom stereocenters. The van der Waals surface area contributed by atoms with Gasteiger partial charge in [-0.1, -0.05) is 24.3 Å². The highest BCUT2D eigenvalue weighted by atomic mass is 19.1. The zero-order valence-corrected chi connectivity index (χ0v) is 14.6. The number of benzene rings is 2. The molecule has 2 aromatic carbocycles. The van der Waals surface area contributed by atoms with Gasteiger partial charge in [0, 0.05) is 18.7 Å². The van der Waals surface area contributed by atoms with Crippen LogP contribution in [0.4, 0.5) is 4.39 Å². The molecule has 0 amide bonds. The molecule has 0 heterocycles. The van der Waals surface area contributed by atoms with Gasteiger partial charge in [0.1, 0.15) is 5.82 Å². The minimum atomic E-state index is -0.232. The van der Waals surface area contributed by atoms with Crippen molar-refractivity contribution in [3.63, 3.8) is 0 Å². The normalized spacial score (nSPS) is 11.2. The van der Waals surface area contributed by atoms with Gasteiger partial charge in [-0.3, -0.25) is 0 Å². The monoisotopic (exact) mass is 345 g/mol. The molecule has 0 unspecified atom stereocenters. The zero-order chi connectivity index (χ0) is 18.1. The molecule has 0 saturated heterocycles. The summed E-state index contributed by atoms with van der Waals surface area (Å²) in [6.45, 7) is 3.71. The van der Waals surface area contributed by atoms with Crippen LogP contribution in [0.5, 0.6) is 11.5 Å². The highest BCUT2D eigenvalue weighted by molar-refractivity contribution is 5.79. The predicted molar refractivity (Wildman–Crippen MR) is 97.6 cm³/mol. The van der Waals surface area contributed by atoms with Gasteiger partial charge >= 0.3 is 0 Å². The zero-order valence-electron chi connectivity index (χ0n) is 14.6. The third-order valence-corrected chi connectivity index (χ3v) is 3.67. The largest absolute Gasteiger partial charge is 0.504 e. The maximum absolute atomic E-state index is 12.9. The van der Waals surface area contributed by atoms with Crippen molar-refractivity contribution in [2.75, 3.05) is 20.2 Å². The third kappa shape index (κ3) is 5.67. The lowest BCUT2D eigenvalue weighted by atomic mass is 10.1. The van der Waals surface area contributed by atoms with Gasteiger partial charge in [0.2, 0.25) is 0 Å². The van der Waals surface area contributed by atoms with Crippen LogP contribution in [0.3, 0.4) is 0 Å². The molecule has 0 spiro atoms. The summed E-state index contributed by atoms with van der Waals surface area (Å²) in [7, 11) is 1.52. The summed E-state index contributed by atoms with van der Waals surface area (Å²) >= 11 is 0. The van der Waals surface area contributed by atoms with Gasteiger partial charge in [0.25, 0.3) is 0 Å². The van der Waals surface area contributed by atoms with E-state index in [0.717, 1.165) is 18.5 Å². The van der Waals surface area contributed by atoms with Gasteiger partial charge in [0.15, 0.2) is 17.5 Å². The molecule has 5 nitrogen and oxygen atoms in total. The van der Waals surface area contributed by atoms with Crippen molar-refractivity contribution in [1.29, 1.82) is 0 Å². The lowest BCUT2D eigenvalue weighted by Gasteiger charge is -2.12. The standard InChI is InChI=1S/C19H24FN3O2/c1-3-21-19(22-12-11-14-7-9-16(20)10-8-14)23-13-15-5-4-6-17(25-2)18(15)24/h4-10,24H,3,11-13H2,1-2H3,(H2,21,22,23). The first kappa shape index (κ1) is 18.6. The summed E-state index contributed by atoms with van der Waals surface area (Å²) in [5, 5.41) is 16.5. The highest BCUT2D eigenvalue weighted by Gasteiger charge is 2.07. The summed E-state index contributed by atoms with van der Waals surface area (Å²) < 4.78 is 18.0. The fourth-order valence-corrected chi connectivity index (χ4v) is 2.34. The van der Waals surface area contributed by atoms with E-state index >= 15 is 0 Å². The molecule has 0 aliphatic heterocycles. The van der Waals surface area contributed by atoms with Crippen LogP contribution in [0, 0.1) is 5.82 Å². The molecule has 25 heavy (non-hydrogen) atoms. The number of phenols is 1. The Morgan fingerprint density at radius 2 is 1.92 bits per heavy atom. The predicted octanol–water partition coefficient (Wildman–Crippen LogP) is 2.84. The molecule has 0 aliphatic rings. The molecule has 0 bridgehead atoms. The molecule has 0 radical (unpaired) electrons. The first-order chi connectivity index (χ1) is 12.1. The number of ether oxygens (including phenoxy) is 1. The van der Waals surface area contributed by atoms with Gasteiger partial charge in [-0.05, 0) is 37.1 Å². The number of rotatable bonds is 7. The van der Waals surface area contributed by atoms with Crippen LogP contribution in [0.2, 0.25) is 0 Å². The van der Waals surface area contributed by atoms with Crippen LogP contribution in [0.1, 0.15) is 18.1 Å². The average Bonchev–Trinajstić information content (AvgIpc) is 2.62. The number of nitrogens with one attached hydrogen (secondary N) is 2. The van der Waals surface area contributed by atoms with Gasteiger partial charge < -0.3 is 20.5 Å². The van der Waals surface area contributed by atoms with Crippen molar-refractivity contribution in [3.05, 3.63) is 59.4 Å². The molecule has 134 valence electrons. The molecule has 0 aromatic heterocycles. The quantitative estimate of drug-likeness (QED) is 0.533. The smallest absolute Gasteiger partial charge is 0.191 e. The molecular weight excluding hydrogens is 321 g/mol. The van der Waals surface area contributed by atoms with Crippen LogP contribution < -0.4 is 15.4 Å². The fraction of sp³-hybridized carbons (Fsp3) is 0.316. The van der Waals surface area contributed by atoms with Gasteiger partial charge in [-0.25, -0.2) is 9.38 Å². The van der Waals surface area contributed by atoms with E-state index in [9.17, 15) is 9.50 Å². The molecule has 6 heteroatoms. The summed E-state index contributed by atoms with van der Waals surface area (Å²) in [4.78, 5) is 4.48. The average molecular weight is 345 g/mol. The van der Waals surface area contributed by atoms with Crippen LogP contribution in [-0.2, 0) is 13.0 Å². The van der Waals surface area contributed by atoms with E-state index in [-0.39, 0.29) is 11.6 Å². The van der Waals surface area contributed by atoms with Crippen LogP contribution in [-0.4, -0.2) is 31.3 Å². The summed E-state index contributed by atoms with van der Waals surface area (Å²) in [6, 6.07) is 11.8. The Morgan fingerprint density at radius 3 is 2.60 bits per heavy atom. The third-order valence-electron chi connectivity index (χ3n) is 3.67. The Hall–Kier alpha value is -2.76. The maximum Gasteiger partial charge on any atom is 0.191 e. The molecule has 3 N–H and O–H groups in total. The minimum absolute atomic E-state index is 0.107. The second-order valence-electron chi connectivity index (χ2n) is 5.47. The van der Waals surface area contributed by atoms with E-state index in [4.69, 9.17) is 4.74 Å². The molecule has 0 saturated carbocycles. The van der Waals surface area contributed by atoms with E-state index in [1.807, 2.05) is 19.1 Å². The Bertz CT molecular complexity index is 702. The number of para-hydroxylation sites is 1. The van der Waals surface area contributed by atoms with Gasteiger partial charge in [-0.2, -0.15) is 0 Å². The molecular formula is C19H24FN3O2. The molecule has 2 aromatic rings. The Labute approximate surface area is 147 Å². The van der Waals surface area contributed by atoms with Gasteiger partial charge in [-0.15, -0.1) is 0 Å². The van der Waals surface area contributed by atoms with Crippen molar-refractivity contribution < 1.29 is 14.2 Å². The van der Waals surface area contributed by atoms with Crippen molar-refractivity contribution in [2.45, 2.75) is 19.9 Å². The maximum atomic E-state index is 12.9. The number of hydrogen-bond donors (Lipinski definition) is 3. The van der Waals surface area contributed by atoms with Crippen LogP contribution in [0.15, 0.2) is 47.5 Å².